The van der Waals surface area contributed by atoms with Crippen LogP contribution in [0.2, 0.25) is 0 Å². The Labute approximate surface area is 189 Å². The third kappa shape index (κ3) is 4.45. The minimum Gasteiger partial charge on any atom is -0.504 e. The molecule has 0 aliphatic heterocycles. The van der Waals surface area contributed by atoms with E-state index >= 15 is 0 Å². The largest absolute Gasteiger partial charge is 0.504 e. The van der Waals surface area contributed by atoms with Crippen LogP contribution < -0.4 is 4.74 Å². The molecule has 1 aromatic heterocycles. The van der Waals surface area contributed by atoms with Gasteiger partial charge in [0.25, 0.3) is 0 Å². The van der Waals surface area contributed by atoms with Crippen molar-refractivity contribution in [3.63, 3.8) is 0 Å². The summed E-state index contributed by atoms with van der Waals surface area (Å²) in [4.78, 5) is 9.07. The highest BCUT2D eigenvalue weighted by molar-refractivity contribution is 14.1. The molecule has 0 aliphatic carbocycles. The molecule has 0 saturated carbocycles. The summed E-state index contributed by atoms with van der Waals surface area (Å²) in [6.07, 6.45) is 1.60. The topological polar surface area (TPSA) is 67.9 Å². The Morgan fingerprint density at radius 3 is 2.86 bits per heavy atom. The van der Waals surface area contributed by atoms with Crippen molar-refractivity contribution in [3.05, 3.63) is 68.2 Å². The average Bonchev–Trinajstić information content (AvgIpc) is 3.13. The Morgan fingerprint density at radius 1 is 1.21 bits per heavy atom. The molecule has 146 valence electrons. The number of benzene rings is 3. The van der Waals surface area contributed by atoms with E-state index in [-0.39, 0.29) is 5.75 Å². The fraction of sp³-hybridized carbons (Fsp3) is 0.0909. The van der Waals surface area contributed by atoms with E-state index in [1.807, 2.05) is 49.4 Å². The molecule has 0 saturated heterocycles. The lowest BCUT2D eigenvalue weighted by Crippen LogP contribution is -1.94. The summed E-state index contributed by atoms with van der Waals surface area (Å²) in [6.45, 7) is 2.33. The van der Waals surface area contributed by atoms with Gasteiger partial charge in [-0.3, -0.25) is 4.99 Å². The highest BCUT2D eigenvalue weighted by Crippen LogP contribution is 2.33. The fourth-order valence-corrected chi connectivity index (χ4v) is 3.84. The number of halogens is 2. The van der Waals surface area contributed by atoms with Crippen molar-refractivity contribution >= 4 is 61.5 Å². The molecular weight excluding hydrogens is 547 g/mol. The number of rotatable bonds is 5. The van der Waals surface area contributed by atoms with Crippen LogP contribution in [0.3, 0.4) is 0 Å². The number of phenols is 1. The molecule has 5 nitrogen and oxygen atoms in total. The number of hydrogen-bond donors (Lipinski definition) is 1. The Morgan fingerprint density at radius 2 is 2.07 bits per heavy atom. The van der Waals surface area contributed by atoms with Crippen LogP contribution in [-0.4, -0.2) is 22.9 Å². The van der Waals surface area contributed by atoms with E-state index in [0.717, 1.165) is 19.1 Å². The molecule has 0 amide bonds. The van der Waals surface area contributed by atoms with Gasteiger partial charge < -0.3 is 14.3 Å². The van der Waals surface area contributed by atoms with E-state index in [4.69, 9.17) is 9.15 Å². The summed E-state index contributed by atoms with van der Waals surface area (Å²) in [7, 11) is 0. The van der Waals surface area contributed by atoms with E-state index in [0.29, 0.717) is 35.1 Å². The Balaban J connectivity index is 1.65. The molecule has 4 rings (SSSR count). The second kappa shape index (κ2) is 8.54. The van der Waals surface area contributed by atoms with Gasteiger partial charge in [0.2, 0.25) is 5.89 Å². The molecule has 3 aromatic carbocycles. The first-order valence-electron chi connectivity index (χ1n) is 8.89. The predicted octanol–water partition coefficient (Wildman–Crippen LogP) is 6.72. The van der Waals surface area contributed by atoms with Gasteiger partial charge in [0.1, 0.15) is 5.52 Å². The van der Waals surface area contributed by atoms with Gasteiger partial charge in [0.15, 0.2) is 17.1 Å². The highest BCUT2D eigenvalue weighted by Gasteiger charge is 2.11. The second-order valence-electron chi connectivity index (χ2n) is 6.21. The lowest BCUT2D eigenvalue weighted by Gasteiger charge is -2.08. The lowest BCUT2D eigenvalue weighted by molar-refractivity contribution is 0.317. The molecule has 4 aromatic rings. The maximum absolute atomic E-state index is 10.4. The zero-order valence-corrected chi connectivity index (χ0v) is 19.1. The van der Waals surface area contributed by atoms with Gasteiger partial charge in [0.05, 0.1) is 12.3 Å². The van der Waals surface area contributed by atoms with Crippen molar-refractivity contribution in [2.45, 2.75) is 6.92 Å². The maximum atomic E-state index is 10.4. The van der Waals surface area contributed by atoms with Gasteiger partial charge in [-0.2, -0.15) is 0 Å². The van der Waals surface area contributed by atoms with Crippen LogP contribution in [0.4, 0.5) is 5.69 Å². The monoisotopic (exact) mass is 562 g/mol. The number of fused-ring (bicyclic) bond motifs is 1. The zero-order chi connectivity index (χ0) is 20.4. The van der Waals surface area contributed by atoms with E-state index in [1.165, 1.54) is 0 Å². The van der Waals surface area contributed by atoms with Crippen LogP contribution in [-0.2, 0) is 0 Å². The quantitative estimate of drug-likeness (QED) is 0.217. The summed E-state index contributed by atoms with van der Waals surface area (Å²) >= 11 is 5.69. The van der Waals surface area contributed by atoms with Crippen LogP contribution in [0.1, 0.15) is 12.5 Å². The van der Waals surface area contributed by atoms with Crippen LogP contribution in [0, 0.1) is 3.57 Å². The lowest BCUT2D eigenvalue weighted by atomic mass is 10.2. The predicted molar refractivity (Wildman–Crippen MR) is 126 cm³/mol. The Hall–Kier alpha value is -2.39. The first kappa shape index (κ1) is 19.9. The van der Waals surface area contributed by atoms with Gasteiger partial charge in [-0.25, -0.2) is 4.98 Å². The number of oxazole rings is 1. The van der Waals surface area contributed by atoms with E-state index in [9.17, 15) is 5.11 Å². The van der Waals surface area contributed by atoms with Crippen molar-refractivity contribution < 1.29 is 14.3 Å². The smallest absolute Gasteiger partial charge is 0.227 e. The molecule has 0 aliphatic rings. The SMILES string of the molecule is CCOc1cc(Br)cc(C=Nc2ccc3oc(-c4cccc(I)c4)nc3c2)c1O. The van der Waals surface area contributed by atoms with Crippen molar-refractivity contribution in [2.75, 3.05) is 6.61 Å². The molecule has 0 unspecified atom stereocenters. The van der Waals surface area contributed by atoms with Gasteiger partial charge in [-0.05, 0) is 78.0 Å². The number of ether oxygens (including phenoxy) is 1. The number of phenolic OH excluding ortho intramolecular Hbond substituents is 1. The van der Waals surface area contributed by atoms with Crippen molar-refractivity contribution in [2.24, 2.45) is 4.99 Å². The summed E-state index contributed by atoms with van der Waals surface area (Å²) in [5.41, 5.74) is 3.62. The van der Waals surface area contributed by atoms with Crippen molar-refractivity contribution in [1.29, 1.82) is 0 Å². The van der Waals surface area contributed by atoms with Crippen molar-refractivity contribution in [3.8, 4) is 23.0 Å². The third-order valence-corrected chi connectivity index (χ3v) is 5.29. The molecule has 0 atom stereocenters. The van der Waals surface area contributed by atoms with Crippen LogP contribution >= 0.6 is 38.5 Å². The number of aliphatic imine (C=N–C) groups is 1. The van der Waals surface area contributed by atoms with Gasteiger partial charge in [0, 0.05) is 25.4 Å². The van der Waals surface area contributed by atoms with E-state index < -0.39 is 0 Å². The number of hydrogen-bond acceptors (Lipinski definition) is 5. The molecular formula is C22H16BrIN2O3. The summed E-state index contributed by atoms with van der Waals surface area (Å²) in [5, 5.41) is 10.4. The first-order valence-corrected chi connectivity index (χ1v) is 10.8. The molecule has 1 heterocycles. The van der Waals surface area contributed by atoms with E-state index in [1.54, 1.807) is 18.3 Å². The summed E-state index contributed by atoms with van der Waals surface area (Å²) in [5.74, 6) is 1.05. The standard InChI is InChI=1S/C22H16BrIN2O3/c1-2-28-20-10-15(23)8-14(21(20)27)12-25-17-6-7-19-18(11-17)26-22(29-19)13-4-3-5-16(24)9-13/h3-12,27H,2H2,1H3. The maximum Gasteiger partial charge on any atom is 0.227 e. The number of nitrogens with zero attached hydrogens (tertiary/aromatic N) is 2. The summed E-state index contributed by atoms with van der Waals surface area (Å²) in [6, 6.07) is 17.0. The van der Waals surface area contributed by atoms with Gasteiger partial charge >= 0.3 is 0 Å². The Bertz CT molecular complexity index is 1220. The van der Waals surface area contributed by atoms with Crippen LogP contribution in [0.5, 0.6) is 11.5 Å². The molecule has 0 bridgehead atoms. The van der Waals surface area contributed by atoms with Crippen LogP contribution in [0.25, 0.3) is 22.6 Å². The minimum absolute atomic E-state index is 0.0577. The van der Waals surface area contributed by atoms with Gasteiger partial charge in [-0.15, -0.1) is 0 Å². The first-order chi connectivity index (χ1) is 14.0. The van der Waals surface area contributed by atoms with Gasteiger partial charge in [-0.1, -0.05) is 22.0 Å². The van der Waals surface area contributed by atoms with E-state index in [2.05, 4.69) is 48.5 Å². The molecule has 0 fully saturated rings. The van der Waals surface area contributed by atoms with Crippen molar-refractivity contribution in [1.82, 2.24) is 4.98 Å². The molecule has 0 spiro atoms. The normalized spacial score (nSPS) is 11.4. The number of aromatic nitrogens is 1. The fourth-order valence-electron chi connectivity index (χ4n) is 2.84. The third-order valence-electron chi connectivity index (χ3n) is 4.16. The van der Waals surface area contributed by atoms with Crippen LogP contribution in [0.15, 0.2) is 68.5 Å². The molecule has 0 radical (unpaired) electrons. The molecule has 29 heavy (non-hydrogen) atoms. The minimum atomic E-state index is 0.0577. The molecule has 1 N–H and O–H groups in total. The second-order valence-corrected chi connectivity index (χ2v) is 8.38. The average molecular weight is 563 g/mol. The number of aromatic hydroxyl groups is 1. The zero-order valence-electron chi connectivity index (χ0n) is 15.4. The summed E-state index contributed by atoms with van der Waals surface area (Å²) < 4.78 is 13.3. The Kier molecular flexibility index (Phi) is 5.86. The molecule has 7 heteroatoms. The highest BCUT2D eigenvalue weighted by atomic mass is 127.